The number of hydrogen-bond donors (Lipinski definition) is 2. The highest BCUT2D eigenvalue weighted by atomic mass is 32.2. The van der Waals surface area contributed by atoms with Crippen LogP contribution in [0.25, 0.3) is 0 Å². The first-order valence-electron chi connectivity index (χ1n) is 8.17. The van der Waals surface area contributed by atoms with E-state index in [-0.39, 0.29) is 16.2 Å². The second-order valence-electron chi connectivity index (χ2n) is 6.00. The van der Waals surface area contributed by atoms with Crippen molar-refractivity contribution in [3.63, 3.8) is 0 Å². The summed E-state index contributed by atoms with van der Waals surface area (Å²) in [5.41, 5.74) is 1.33. The molecule has 0 aromatic heterocycles. The summed E-state index contributed by atoms with van der Waals surface area (Å²) in [4.78, 5) is 12.6. The van der Waals surface area contributed by atoms with E-state index in [1.807, 2.05) is 0 Å². The number of nitrogens with zero attached hydrogens (tertiary/aromatic N) is 1. The van der Waals surface area contributed by atoms with Gasteiger partial charge in [0.15, 0.2) is 0 Å². The number of amides is 1. The molecular formula is C18H20N2O5S. The molecule has 0 spiro atoms. The third kappa shape index (κ3) is 3.87. The van der Waals surface area contributed by atoms with Gasteiger partial charge in [-0.2, -0.15) is 4.31 Å². The molecule has 1 amide bonds. The Morgan fingerprint density at radius 1 is 1.12 bits per heavy atom. The van der Waals surface area contributed by atoms with Crippen molar-refractivity contribution >= 4 is 21.6 Å². The summed E-state index contributed by atoms with van der Waals surface area (Å²) in [6, 6.07) is 10.6. The molecular weight excluding hydrogens is 356 g/mol. The first kappa shape index (κ1) is 18.4. The van der Waals surface area contributed by atoms with E-state index in [4.69, 9.17) is 4.74 Å². The van der Waals surface area contributed by atoms with E-state index in [9.17, 15) is 18.3 Å². The van der Waals surface area contributed by atoms with Crippen molar-refractivity contribution in [1.82, 2.24) is 4.31 Å². The van der Waals surface area contributed by atoms with Gasteiger partial charge in [-0.3, -0.25) is 4.79 Å². The van der Waals surface area contributed by atoms with Crippen LogP contribution < -0.4 is 5.32 Å². The van der Waals surface area contributed by atoms with Crippen LogP contribution in [0.3, 0.4) is 0 Å². The van der Waals surface area contributed by atoms with E-state index in [0.717, 1.165) is 0 Å². The maximum absolute atomic E-state index is 12.9. The zero-order valence-electron chi connectivity index (χ0n) is 14.3. The first-order chi connectivity index (χ1) is 12.4. The van der Waals surface area contributed by atoms with Crippen LogP contribution in [0, 0.1) is 6.92 Å². The maximum Gasteiger partial charge on any atom is 0.255 e. The predicted octanol–water partition coefficient (Wildman–Crippen LogP) is 1.97. The van der Waals surface area contributed by atoms with Gasteiger partial charge in [-0.05, 0) is 48.9 Å². The van der Waals surface area contributed by atoms with E-state index in [1.54, 1.807) is 31.2 Å². The van der Waals surface area contributed by atoms with Crippen molar-refractivity contribution in [3.05, 3.63) is 53.6 Å². The van der Waals surface area contributed by atoms with Crippen LogP contribution in [0.1, 0.15) is 15.9 Å². The molecule has 0 bridgehead atoms. The highest BCUT2D eigenvalue weighted by Gasteiger charge is 2.28. The summed E-state index contributed by atoms with van der Waals surface area (Å²) >= 11 is 0. The normalized spacial score (nSPS) is 15.6. The molecule has 1 aliphatic rings. The molecule has 2 aromatic carbocycles. The number of morpholine rings is 1. The van der Waals surface area contributed by atoms with Crippen molar-refractivity contribution in [1.29, 1.82) is 0 Å². The van der Waals surface area contributed by atoms with Crippen LogP contribution in [-0.2, 0) is 14.8 Å². The van der Waals surface area contributed by atoms with Crippen molar-refractivity contribution in [2.45, 2.75) is 11.8 Å². The number of carbonyl (C=O) groups excluding carboxylic acids is 1. The Balaban J connectivity index is 1.87. The van der Waals surface area contributed by atoms with Gasteiger partial charge in [-0.25, -0.2) is 8.42 Å². The Morgan fingerprint density at radius 2 is 1.77 bits per heavy atom. The molecule has 0 saturated carbocycles. The molecule has 26 heavy (non-hydrogen) atoms. The summed E-state index contributed by atoms with van der Waals surface area (Å²) in [6.45, 7) is 3.02. The van der Waals surface area contributed by atoms with Gasteiger partial charge < -0.3 is 15.2 Å². The van der Waals surface area contributed by atoms with Crippen LogP contribution in [0.2, 0.25) is 0 Å². The molecule has 1 heterocycles. The van der Waals surface area contributed by atoms with E-state index in [2.05, 4.69) is 5.32 Å². The topological polar surface area (TPSA) is 95.9 Å². The molecule has 138 valence electrons. The minimum atomic E-state index is -3.69. The molecule has 2 N–H and O–H groups in total. The number of hydrogen-bond acceptors (Lipinski definition) is 5. The Bertz CT molecular complexity index is 904. The Hall–Kier alpha value is -2.42. The van der Waals surface area contributed by atoms with Gasteiger partial charge in [0.25, 0.3) is 5.91 Å². The fourth-order valence-electron chi connectivity index (χ4n) is 2.69. The number of benzene rings is 2. The minimum absolute atomic E-state index is 0.0947. The van der Waals surface area contributed by atoms with Crippen molar-refractivity contribution in [2.75, 3.05) is 31.6 Å². The molecule has 0 radical (unpaired) electrons. The average molecular weight is 376 g/mol. The number of ether oxygens (including phenoxy) is 1. The maximum atomic E-state index is 12.9. The lowest BCUT2D eigenvalue weighted by Crippen LogP contribution is -2.40. The predicted molar refractivity (Wildman–Crippen MR) is 96.8 cm³/mol. The summed E-state index contributed by atoms with van der Waals surface area (Å²) in [5.74, 6) is -0.327. The molecule has 1 saturated heterocycles. The molecule has 2 aromatic rings. The van der Waals surface area contributed by atoms with Crippen LogP contribution in [0.4, 0.5) is 5.69 Å². The van der Waals surface area contributed by atoms with Crippen molar-refractivity contribution in [3.8, 4) is 5.75 Å². The van der Waals surface area contributed by atoms with Gasteiger partial charge in [0.05, 0.1) is 18.1 Å². The monoisotopic (exact) mass is 376 g/mol. The minimum Gasteiger partial charge on any atom is -0.508 e. The Labute approximate surface area is 152 Å². The number of sulfonamides is 1. The van der Waals surface area contributed by atoms with Gasteiger partial charge in [0.2, 0.25) is 10.0 Å². The largest absolute Gasteiger partial charge is 0.508 e. The lowest BCUT2D eigenvalue weighted by atomic mass is 10.1. The van der Waals surface area contributed by atoms with E-state index in [1.165, 1.54) is 22.5 Å². The number of anilines is 1. The molecule has 1 fully saturated rings. The first-order valence-corrected chi connectivity index (χ1v) is 9.61. The number of nitrogens with one attached hydrogen (secondary N) is 1. The number of aromatic hydroxyl groups is 1. The molecule has 8 heteroatoms. The number of rotatable bonds is 4. The van der Waals surface area contributed by atoms with Gasteiger partial charge in [-0.1, -0.05) is 6.07 Å². The van der Waals surface area contributed by atoms with Crippen LogP contribution >= 0.6 is 0 Å². The fourth-order valence-corrected chi connectivity index (χ4v) is 4.35. The van der Waals surface area contributed by atoms with Crippen molar-refractivity contribution in [2.24, 2.45) is 0 Å². The van der Waals surface area contributed by atoms with Crippen LogP contribution in [0.15, 0.2) is 47.4 Å². The standard InChI is InChI=1S/C18H20N2O5S/c1-13-2-3-14(18(22)19-15-4-6-16(21)7-5-15)12-17(13)26(23,24)20-8-10-25-11-9-20/h2-7,12,21H,8-11H2,1H3,(H,19,22). The third-order valence-electron chi connectivity index (χ3n) is 4.16. The summed E-state index contributed by atoms with van der Waals surface area (Å²) in [5, 5.41) is 12.0. The van der Waals surface area contributed by atoms with Gasteiger partial charge in [0.1, 0.15) is 5.75 Å². The number of phenols is 1. The zero-order valence-corrected chi connectivity index (χ0v) is 15.1. The summed E-state index contributed by atoms with van der Waals surface area (Å²) in [7, 11) is -3.69. The molecule has 7 nitrogen and oxygen atoms in total. The third-order valence-corrected chi connectivity index (χ3v) is 6.20. The number of carbonyl (C=O) groups is 1. The van der Waals surface area contributed by atoms with Gasteiger partial charge in [-0.15, -0.1) is 0 Å². The molecule has 1 aliphatic heterocycles. The van der Waals surface area contributed by atoms with Crippen LogP contribution in [0.5, 0.6) is 5.75 Å². The van der Waals surface area contributed by atoms with E-state index >= 15 is 0 Å². The lowest BCUT2D eigenvalue weighted by molar-refractivity contribution is 0.0730. The Morgan fingerprint density at radius 3 is 2.42 bits per heavy atom. The SMILES string of the molecule is Cc1ccc(C(=O)Nc2ccc(O)cc2)cc1S(=O)(=O)N1CCOCC1. The average Bonchev–Trinajstić information content (AvgIpc) is 2.64. The Kier molecular flexibility index (Phi) is 5.26. The highest BCUT2D eigenvalue weighted by Crippen LogP contribution is 2.23. The number of phenolic OH excluding ortho intramolecular Hbond substituents is 1. The second-order valence-corrected chi connectivity index (χ2v) is 7.90. The molecule has 0 aliphatic carbocycles. The van der Waals surface area contributed by atoms with Gasteiger partial charge >= 0.3 is 0 Å². The number of aryl methyl sites for hydroxylation is 1. The zero-order chi connectivity index (χ0) is 18.7. The van der Waals surface area contributed by atoms with Gasteiger partial charge in [0, 0.05) is 24.3 Å². The van der Waals surface area contributed by atoms with E-state index < -0.39 is 15.9 Å². The molecule has 3 rings (SSSR count). The smallest absolute Gasteiger partial charge is 0.255 e. The molecule has 0 unspecified atom stereocenters. The second kappa shape index (κ2) is 7.45. The quantitative estimate of drug-likeness (QED) is 0.796. The highest BCUT2D eigenvalue weighted by molar-refractivity contribution is 7.89. The summed E-state index contributed by atoms with van der Waals surface area (Å²) in [6.07, 6.45) is 0. The van der Waals surface area contributed by atoms with Crippen LogP contribution in [-0.4, -0.2) is 50.0 Å². The fraction of sp³-hybridized carbons (Fsp3) is 0.278. The van der Waals surface area contributed by atoms with E-state index in [0.29, 0.717) is 37.6 Å². The molecule has 0 atom stereocenters. The van der Waals surface area contributed by atoms with Crippen molar-refractivity contribution < 1.29 is 23.1 Å². The summed E-state index contributed by atoms with van der Waals surface area (Å²) < 4.78 is 32.4. The lowest BCUT2D eigenvalue weighted by Gasteiger charge is -2.26.